The minimum Gasteiger partial charge on any atom is -0.383 e. The molecule has 0 atom stereocenters. The maximum atomic E-state index is 12.6. The second-order valence-electron chi connectivity index (χ2n) is 6.76. The number of nitrogens with zero attached hydrogens (tertiary/aromatic N) is 2. The lowest BCUT2D eigenvalue weighted by Gasteiger charge is -2.24. The number of hydrogen-bond acceptors (Lipinski definition) is 5. The largest absolute Gasteiger partial charge is 0.383 e. The van der Waals surface area contributed by atoms with Crippen molar-refractivity contribution in [3.63, 3.8) is 0 Å². The number of methoxy groups -OCH3 is 1. The van der Waals surface area contributed by atoms with E-state index in [1.807, 2.05) is 25.1 Å². The van der Waals surface area contributed by atoms with Crippen LogP contribution in [0.25, 0.3) is 0 Å². The van der Waals surface area contributed by atoms with E-state index >= 15 is 0 Å². The van der Waals surface area contributed by atoms with Crippen LogP contribution in [0, 0.1) is 0 Å². The topological polar surface area (TPSA) is 79.0 Å². The Labute approximate surface area is 177 Å². The minimum absolute atomic E-state index is 0.158. The maximum absolute atomic E-state index is 12.6. The van der Waals surface area contributed by atoms with Crippen LogP contribution in [0.2, 0.25) is 5.02 Å². The fourth-order valence-corrected chi connectivity index (χ4v) is 3.82. The molecule has 0 bridgehead atoms. The Morgan fingerprint density at radius 2 is 1.86 bits per heavy atom. The third kappa shape index (κ3) is 6.43. The van der Waals surface area contributed by atoms with Crippen LogP contribution in [0.3, 0.4) is 0 Å². The van der Waals surface area contributed by atoms with Crippen molar-refractivity contribution in [1.29, 1.82) is 0 Å². The highest BCUT2D eigenvalue weighted by molar-refractivity contribution is 7.88. The Hall–Kier alpha value is -2.13. The van der Waals surface area contributed by atoms with E-state index in [1.165, 1.54) is 17.7 Å². The lowest BCUT2D eigenvalue weighted by molar-refractivity contribution is 0.102. The second-order valence-corrected chi connectivity index (χ2v) is 9.15. The van der Waals surface area contributed by atoms with Gasteiger partial charge in [0.05, 0.1) is 23.4 Å². The molecule has 0 aliphatic rings. The van der Waals surface area contributed by atoms with Gasteiger partial charge in [0.15, 0.2) is 0 Å². The summed E-state index contributed by atoms with van der Waals surface area (Å²) < 4.78 is 30.7. The number of carbonyl (C=O) groups excluding carboxylic acids is 1. The van der Waals surface area contributed by atoms with Crippen LogP contribution in [-0.4, -0.2) is 59.2 Å². The first-order valence-corrected chi connectivity index (χ1v) is 11.2. The smallest absolute Gasteiger partial charge is 0.257 e. The van der Waals surface area contributed by atoms with Gasteiger partial charge < -0.3 is 15.0 Å². The molecule has 29 heavy (non-hydrogen) atoms. The molecule has 1 amide bonds. The van der Waals surface area contributed by atoms with Gasteiger partial charge in [-0.3, -0.25) is 4.79 Å². The summed E-state index contributed by atoms with van der Waals surface area (Å²) in [7, 11) is 1.84. The van der Waals surface area contributed by atoms with Crippen molar-refractivity contribution < 1.29 is 17.9 Å². The van der Waals surface area contributed by atoms with Gasteiger partial charge in [-0.25, -0.2) is 8.42 Å². The molecule has 2 aromatic carbocycles. The summed E-state index contributed by atoms with van der Waals surface area (Å²) >= 11 is 6.10. The Balaban J connectivity index is 2.33. The molecule has 0 fully saturated rings. The highest BCUT2D eigenvalue weighted by Crippen LogP contribution is 2.26. The number of nitrogens with one attached hydrogen (secondary N) is 1. The van der Waals surface area contributed by atoms with E-state index in [1.54, 1.807) is 36.4 Å². The van der Waals surface area contributed by atoms with Gasteiger partial charge in [-0.15, -0.1) is 0 Å². The highest BCUT2D eigenvalue weighted by Gasteiger charge is 2.20. The van der Waals surface area contributed by atoms with Crippen molar-refractivity contribution in [1.82, 2.24) is 4.31 Å². The van der Waals surface area contributed by atoms with E-state index in [-0.39, 0.29) is 25.6 Å². The summed E-state index contributed by atoms with van der Waals surface area (Å²) in [6.07, 6.45) is 1.17. The van der Waals surface area contributed by atoms with E-state index in [9.17, 15) is 13.2 Å². The zero-order valence-electron chi connectivity index (χ0n) is 17.0. The number of rotatable bonds is 9. The molecule has 0 unspecified atom stereocenters. The van der Waals surface area contributed by atoms with Gasteiger partial charge in [0, 0.05) is 45.7 Å². The van der Waals surface area contributed by atoms with Crippen molar-refractivity contribution >= 4 is 38.9 Å². The lowest BCUT2D eigenvalue weighted by Crippen LogP contribution is -2.33. The number of anilines is 2. The van der Waals surface area contributed by atoms with Gasteiger partial charge >= 0.3 is 0 Å². The standard InChI is InChI=1S/C20H26ClN3O4S/c1-23(2)19-10-9-16(22-20(25)17-7-5-6-8-18(17)21)13-15(19)14-24(11-12-28-3)29(4,26)27/h5-10,13H,11-12,14H2,1-4H3,(H,22,25). The van der Waals surface area contributed by atoms with Crippen LogP contribution in [-0.2, 0) is 21.3 Å². The number of halogens is 1. The van der Waals surface area contributed by atoms with Crippen molar-refractivity contribution in [3.05, 3.63) is 58.6 Å². The summed E-state index contributed by atoms with van der Waals surface area (Å²) in [5.41, 5.74) is 2.53. The fraction of sp³-hybridized carbons (Fsp3) is 0.350. The molecule has 2 aromatic rings. The van der Waals surface area contributed by atoms with Crippen LogP contribution in [0.15, 0.2) is 42.5 Å². The molecule has 0 saturated heterocycles. The summed E-state index contributed by atoms with van der Waals surface area (Å²) in [6, 6.07) is 12.2. The first-order chi connectivity index (χ1) is 13.6. The molecule has 0 spiro atoms. The summed E-state index contributed by atoms with van der Waals surface area (Å²) in [4.78, 5) is 14.5. The normalized spacial score (nSPS) is 11.5. The van der Waals surface area contributed by atoms with E-state index in [4.69, 9.17) is 16.3 Å². The van der Waals surface area contributed by atoms with Gasteiger partial charge in [0.2, 0.25) is 10.0 Å². The zero-order valence-corrected chi connectivity index (χ0v) is 18.5. The number of hydrogen-bond donors (Lipinski definition) is 1. The minimum atomic E-state index is -3.43. The van der Waals surface area contributed by atoms with Gasteiger partial charge in [-0.05, 0) is 35.9 Å². The lowest BCUT2D eigenvalue weighted by atomic mass is 10.1. The van der Waals surface area contributed by atoms with Crippen molar-refractivity contribution in [2.24, 2.45) is 0 Å². The van der Waals surface area contributed by atoms with Crippen molar-refractivity contribution in [2.75, 3.05) is 50.8 Å². The third-order valence-electron chi connectivity index (χ3n) is 4.30. The Morgan fingerprint density at radius 1 is 1.17 bits per heavy atom. The second kappa shape index (κ2) is 10.1. The Bertz CT molecular complexity index is 964. The molecule has 2 rings (SSSR count). The number of carbonyl (C=O) groups is 1. The first kappa shape index (κ1) is 23.2. The van der Waals surface area contributed by atoms with E-state index in [2.05, 4.69) is 5.32 Å². The van der Waals surface area contributed by atoms with Crippen LogP contribution >= 0.6 is 11.6 Å². The molecule has 1 N–H and O–H groups in total. The first-order valence-electron chi connectivity index (χ1n) is 8.93. The van der Waals surface area contributed by atoms with Crippen LogP contribution < -0.4 is 10.2 Å². The quantitative estimate of drug-likeness (QED) is 0.649. The van der Waals surface area contributed by atoms with E-state index in [0.29, 0.717) is 16.3 Å². The fourth-order valence-electron chi connectivity index (χ4n) is 2.82. The molecule has 0 aromatic heterocycles. The molecule has 0 heterocycles. The maximum Gasteiger partial charge on any atom is 0.257 e. The van der Waals surface area contributed by atoms with Crippen LogP contribution in [0.5, 0.6) is 0 Å². The third-order valence-corrected chi connectivity index (χ3v) is 5.88. The molecule has 9 heteroatoms. The summed E-state index contributed by atoms with van der Waals surface area (Å²) in [5, 5.41) is 3.19. The predicted molar refractivity (Wildman–Crippen MR) is 117 cm³/mol. The molecule has 0 aliphatic heterocycles. The molecule has 0 aliphatic carbocycles. The number of sulfonamides is 1. The van der Waals surface area contributed by atoms with E-state index in [0.717, 1.165) is 11.3 Å². The average molecular weight is 440 g/mol. The van der Waals surface area contributed by atoms with Gasteiger partial charge in [0.25, 0.3) is 5.91 Å². The van der Waals surface area contributed by atoms with Crippen LogP contribution in [0.1, 0.15) is 15.9 Å². The highest BCUT2D eigenvalue weighted by atomic mass is 35.5. The number of benzene rings is 2. The summed E-state index contributed by atoms with van der Waals surface area (Å²) in [6.45, 7) is 0.678. The molecule has 0 saturated carbocycles. The van der Waals surface area contributed by atoms with Gasteiger partial charge in [0.1, 0.15) is 0 Å². The summed E-state index contributed by atoms with van der Waals surface area (Å²) in [5.74, 6) is -0.335. The molecule has 7 nitrogen and oxygen atoms in total. The zero-order chi connectivity index (χ0) is 21.6. The molecule has 158 valence electrons. The van der Waals surface area contributed by atoms with Gasteiger partial charge in [-0.2, -0.15) is 4.31 Å². The predicted octanol–water partition coefficient (Wildman–Crippen LogP) is 3.07. The number of amides is 1. The monoisotopic (exact) mass is 439 g/mol. The van der Waals surface area contributed by atoms with Crippen LogP contribution in [0.4, 0.5) is 11.4 Å². The van der Waals surface area contributed by atoms with E-state index < -0.39 is 10.0 Å². The van der Waals surface area contributed by atoms with Gasteiger partial charge in [-0.1, -0.05) is 23.7 Å². The number of ether oxygens (including phenoxy) is 1. The Kier molecular flexibility index (Phi) is 8.04. The Morgan fingerprint density at radius 3 is 2.45 bits per heavy atom. The van der Waals surface area contributed by atoms with Crippen molar-refractivity contribution in [3.8, 4) is 0 Å². The molecule has 0 radical (unpaired) electrons. The van der Waals surface area contributed by atoms with Crippen molar-refractivity contribution in [2.45, 2.75) is 6.54 Å². The SMILES string of the molecule is COCCN(Cc1cc(NC(=O)c2ccccc2Cl)ccc1N(C)C)S(C)(=O)=O. The molecular formula is C20H26ClN3O4S. The molecular weight excluding hydrogens is 414 g/mol. The average Bonchev–Trinajstić information content (AvgIpc) is 2.64.